The SMILES string of the molecule is CCNC(=S)NNC(=O)c1cccc(S(=O)(=O)N2CCc3ccccc32)c1. The fourth-order valence-corrected chi connectivity index (χ4v) is 4.62. The van der Waals surface area contributed by atoms with Gasteiger partial charge in [-0.05, 0) is 55.4 Å². The summed E-state index contributed by atoms with van der Waals surface area (Å²) in [4.78, 5) is 12.4. The molecule has 3 N–H and O–H groups in total. The van der Waals surface area contributed by atoms with Crippen LogP contribution in [0.15, 0.2) is 53.4 Å². The number of sulfonamides is 1. The van der Waals surface area contributed by atoms with Gasteiger partial charge >= 0.3 is 0 Å². The number of hydrogen-bond acceptors (Lipinski definition) is 4. The van der Waals surface area contributed by atoms with Crippen LogP contribution in [0.3, 0.4) is 0 Å². The van der Waals surface area contributed by atoms with E-state index in [1.807, 2.05) is 25.1 Å². The zero-order chi connectivity index (χ0) is 19.4. The molecule has 7 nitrogen and oxygen atoms in total. The summed E-state index contributed by atoms with van der Waals surface area (Å²) in [5.41, 5.74) is 6.91. The molecule has 1 amide bonds. The van der Waals surface area contributed by atoms with Gasteiger partial charge in [0.25, 0.3) is 15.9 Å². The van der Waals surface area contributed by atoms with Crippen LogP contribution in [0, 0.1) is 0 Å². The van der Waals surface area contributed by atoms with E-state index < -0.39 is 15.9 Å². The molecule has 3 rings (SSSR count). The molecule has 1 heterocycles. The normalized spacial score (nSPS) is 13.0. The number of carbonyl (C=O) groups is 1. The van der Waals surface area contributed by atoms with E-state index in [0.29, 0.717) is 25.2 Å². The first kappa shape index (κ1) is 19.1. The van der Waals surface area contributed by atoms with Gasteiger partial charge in [0, 0.05) is 18.7 Å². The Hall–Kier alpha value is -2.65. The molecular weight excluding hydrogens is 384 g/mol. The zero-order valence-corrected chi connectivity index (χ0v) is 16.4. The summed E-state index contributed by atoms with van der Waals surface area (Å²) >= 11 is 4.98. The van der Waals surface area contributed by atoms with Gasteiger partial charge in [0.05, 0.1) is 10.6 Å². The van der Waals surface area contributed by atoms with Crippen molar-refractivity contribution in [3.63, 3.8) is 0 Å². The second-order valence-corrected chi connectivity index (χ2v) is 8.19. The maximum atomic E-state index is 13.1. The van der Waals surface area contributed by atoms with Gasteiger partial charge in [-0.3, -0.25) is 20.0 Å². The number of anilines is 1. The highest BCUT2D eigenvalue weighted by atomic mass is 32.2. The molecule has 0 atom stereocenters. The molecule has 0 aliphatic carbocycles. The predicted octanol–water partition coefficient (Wildman–Crippen LogP) is 1.57. The van der Waals surface area contributed by atoms with Crippen LogP contribution >= 0.6 is 12.2 Å². The maximum absolute atomic E-state index is 13.1. The molecule has 142 valence electrons. The van der Waals surface area contributed by atoms with Crippen LogP contribution in [0.25, 0.3) is 0 Å². The molecule has 0 fully saturated rings. The quantitative estimate of drug-likeness (QED) is 0.529. The Kier molecular flexibility index (Phi) is 5.62. The lowest BCUT2D eigenvalue weighted by Gasteiger charge is -2.20. The number of nitrogens with zero attached hydrogens (tertiary/aromatic N) is 1. The highest BCUT2D eigenvalue weighted by Crippen LogP contribution is 2.32. The number of amides is 1. The molecule has 2 aromatic carbocycles. The van der Waals surface area contributed by atoms with Gasteiger partial charge in [0.15, 0.2) is 5.11 Å². The number of hydrogen-bond donors (Lipinski definition) is 3. The minimum absolute atomic E-state index is 0.0705. The largest absolute Gasteiger partial charge is 0.362 e. The number of fused-ring (bicyclic) bond motifs is 1. The summed E-state index contributed by atoms with van der Waals surface area (Å²) in [6, 6.07) is 13.4. The summed E-state index contributed by atoms with van der Waals surface area (Å²) in [7, 11) is -3.75. The minimum Gasteiger partial charge on any atom is -0.362 e. The van der Waals surface area contributed by atoms with Crippen LogP contribution in [0.5, 0.6) is 0 Å². The van der Waals surface area contributed by atoms with Crippen molar-refractivity contribution in [3.8, 4) is 0 Å². The number of hydrazine groups is 1. The lowest BCUT2D eigenvalue weighted by molar-refractivity contribution is 0.0943. The second-order valence-electron chi connectivity index (χ2n) is 5.92. The smallest absolute Gasteiger partial charge is 0.269 e. The van der Waals surface area contributed by atoms with Gasteiger partial charge in [-0.2, -0.15) is 0 Å². The Bertz CT molecular complexity index is 976. The van der Waals surface area contributed by atoms with E-state index in [1.54, 1.807) is 18.2 Å². The van der Waals surface area contributed by atoms with E-state index in [9.17, 15) is 13.2 Å². The molecule has 0 radical (unpaired) electrons. The Morgan fingerprint density at radius 1 is 1.15 bits per heavy atom. The molecule has 0 unspecified atom stereocenters. The van der Waals surface area contributed by atoms with E-state index in [4.69, 9.17) is 12.2 Å². The topological polar surface area (TPSA) is 90.5 Å². The molecule has 27 heavy (non-hydrogen) atoms. The van der Waals surface area contributed by atoms with Crippen LogP contribution in [0.2, 0.25) is 0 Å². The molecular formula is C18H20N4O3S2. The first-order chi connectivity index (χ1) is 12.9. The fraction of sp³-hybridized carbons (Fsp3) is 0.222. The fourth-order valence-electron chi connectivity index (χ4n) is 2.87. The third-order valence-electron chi connectivity index (χ3n) is 4.16. The zero-order valence-electron chi connectivity index (χ0n) is 14.7. The van der Waals surface area contributed by atoms with Crippen molar-refractivity contribution in [2.24, 2.45) is 0 Å². The van der Waals surface area contributed by atoms with Crippen molar-refractivity contribution in [3.05, 3.63) is 59.7 Å². The minimum atomic E-state index is -3.75. The van der Waals surface area contributed by atoms with Crippen molar-refractivity contribution in [2.75, 3.05) is 17.4 Å². The summed E-state index contributed by atoms with van der Waals surface area (Å²) in [5.74, 6) is -0.478. The molecule has 0 spiro atoms. The summed E-state index contributed by atoms with van der Waals surface area (Å²) in [6.07, 6.45) is 0.668. The Labute approximate surface area is 163 Å². The average Bonchev–Trinajstić information content (AvgIpc) is 3.11. The first-order valence-electron chi connectivity index (χ1n) is 8.48. The number of para-hydroxylation sites is 1. The van der Waals surface area contributed by atoms with Crippen molar-refractivity contribution in [1.82, 2.24) is 16.2 Å². The van der Waals surface area contributed by atoms with E-state index in [-0.39, 0.29) is 15.6 Å². The Morgan fingerprint density at radius 3 is 2.70 bits per heavy atom. The molecule has 0 aromatic heterocycles. The first-order valence-corrected chi connectivity index (χ1v) is 10.3. The third kappa shape index (κ3) is 4.04. The molecule has 0 saturated carbocycles. The highest BCUT2D eigenvalue weighted by Gasteiger charge is 2.30. The van der Waals surface area contributed by atoms with Gasteiger partial charge in [-0.1, -0.05) is 24.3 Å². The standard InChI is InChI=1S/C18H20N4O3S2/c1-2-19-18(26)21-20-17(23)14-7-5-8-15(12-14)27(24,25)22-11-10-13-6-3-4-9-16(13)22/h3-9,12H,2,10-11H2,1H3,(H,20,23)(H2,19,21,26). The number of carbonyl (C=O) groups excluding carboxylic acids is 1. The molecule has 2 aromatic rings. The molecule has 1 aliphatic heterocycles. The molecule has 0 bridgehead atoms. The molecule has 1 aliphatic rings. The van der Waals surface area contributed by atoms with E-state index in [2.05, 4.69) is 16.2 Å². The third-order valence-corrected chi connectivity index (χ3v) is 6.21. The Morgan fingerprint density at radius 2 is 1.93 bits per heavy atom. The maximum Gasteiger partial charge on any atom is 0.269 e. The summed E-state index contributed by atoms with van der Waals surface area (Å²) in [5, 5.41) is 3.12. The van der Waals surface area contributed by atoms with Crippen molar-refractivity contribution in [2.45, 2.75) is 18.2 Å². The van der Waals surface area contributed by atoms with E-state index >= 15 is 0 Å². The van der Waals surface area contributed by atoms with E-state index in [0.717, 1.165) is 5.56 Å². The van der Waals surface area contributed by atoms with Gasteiger partial charge in [0.1, 0.15) is 0 Å². The number of nitrogens with one attached hydrogen (secondary N) is 3. The second kappa shape index (κ2) is 7.93. The lowest BCUT2D eigenvalue weighted by Crippen LogP contribution is -2.46. The van der Waals surface area contributed by atoms with Crippen molar-refractivity contribution >= 4 is 38.9 Å². The number of thiocarbonyl (C=S) groups is 1. The van der Waals surface area contributed by atoms with Crippen LogP contribution in [0.1, 0.15) is 22.8 Å². The monoisotopic (exact) mass is 404 g/mol. The number of benzene rings is 2. The van der Waals surface area contributed by atoms with Crippen LogP contribution in [-0.4, -0.2) is 32.5 Å². The van der Waals surface area contributed by atoms with Crippen molar-refractivity contribution in [1.29, 1.82) is 0 Å². The van der Waals surface area contributed by atoms with Crippen LogP contribution in [-0.2, 0) is 16.4 Å². The average molecular weight is 405 g/mol. The van der Waals surface area contributed by atoms with Gasteiger partial charge in [0.2, 0.25) is 0 Å². The lowest BCUT2D eigenvalue weighted by atomic mass is 10.2. The van der Waals surface area contributed by atoms with Crippen LogP contribution in [0.4, 0.5) is 5.69 Å². The van der Waals surface area contributed by atoms with Gasteiger partial charge in [-0.25, -0.2) is 8.42 Å². The molecule has 0 saturated heterocycles. The highest BCUT2D eigenvalue weighted by molar-refractivity contribution is 7.92. The summed E-state index contributed by atoms with van der Waals surface area (Å²) in [6.45, 7) is 2.88. The predicted molar refractivity (Wildman–Crippen MR) is 108 cm³/mol. The van der Waals surface area contributed by atoms with Gasteiger partial charge < -0.3 is 5.32 Å². The van der Waals surface area contributed by atoms with Gasteiger partial charge in [-0.15, -0.1) is 0 Å². The summed E-state index contributed by atoms with van der Waals surface area (Å²) < 4.78 is 27.5. The van der Waals surface area contributed by atoms with E-state index in [1.165, 1.54) is 16.4 Å². The van der Waals surface area contributed by atoms with Crippen LogP contribution < -0.4 is 20.5 Å². The Balaban J connectivity index is 1.81. The number of rotatable bonds is 4. The van der Waals surface area contributed by atoms with Crippen molar-refractivity contribution < 1.29 is 13.2 Å². The molecule has 9 heteroatoms.